The third kappa shape index (κ3) is 1.87. The summed E-state index contributed by atoms with van der Waals surface area (Å²) in [5, 5.41) is 0. The number of ether oxygens (including phenoxy) is 1. The van der Waals surface area contributed by atoms with E-state index >= 15 is 0 Å². The number of hydrogen-bond acceptors (Lipinski definition) is 2. The maximum atomic E-state index is 11.2. The van der Waals surface area contributed by atoms with Crippen molar-refractivity contribution < 1.29 is 9.53 Å². The van der Waals surface area contributed by atoms with Crippen LogP contribution in [0.3, 0.4) is 0 Å². The standard InChI is InChI=1S/C11H18O2/c1-13-11(12)10-7-9(10)8-5-3-2-4-6-8/h8-10H,2-7H2,1H3/t9-,10-/m1/s1. The highest BCUT2D eigenvalue weighted by Crippen LogP contribution is 2.49. The fraction of sp³-hybridized carbons (Fsp3) is 0.909. The molecule has 0 aromatic carbocycles. The van der Waals surface area contributed by atoms with Crippen molar-refractivity contribution in [1.82, 2.24) is 0 Å². The molecule has 74 valence electrons. The molecule has 0 aromatic rings. The van der Waals surface area contributed by atoms with Crippen molar-refractivity contribution in [3.8, 4) is 0 Å². The zero-order valence-electron chi connectivity index (χ0n) is 8.29. The normalized spacial score (nSPS) is 34.2. The fourth-order valence-corrected chi connectivity index (χ4v) is 2.72. The summed E-state index contributed by atoms with van der Waals surface area (Å²) in [6.07, 6.45) is 7.92. The second-order valence-corrected chi connectivity index (χ2v) is 4.43. The minimum absolute atomic E-state index is 0.0237. The second-order valence-electron chi connectivity index (χ2n) is 4.43. The summed E-state index contributed by atoms with van der Waals surface area (Å²) in [5.41, 5.74) is 0. The van der Waals surface area contributed by atoms with Gasteiger partial charge >= 0.3 is 5.97 Å². The summed E-state index contributed by atoms with van der Waals surface area (Å²) in [7, 11) is 1.50. The molecule has 0 heterocycles. The first-order valence-electron chi connectivity index (χ1n) is 5.40. The van der Waals surface area contributed by atoms with Gasteiger partial charge in [-0.1, -0.05) is 32.1 Å². The van der Waals surface area contributed by atoms with Gasteiger partial charge in [0.25, 0.3) is 0 Å². The van der Waals surface area contributed by atoms with Crippen LogP contribution >= 0.6 is 0 Å². The Kier molecular flexibility index (Phi) is 2.56. The van der Waals surface area contributed by atoms with Crippen LogP contribution in [0.5, 0.6) is 0 Å². The molecule has 0 saturated heterocycles. The predicted octanol–water partition coefficient (Wildman–Crippen LogP) is 2.38. The van der Waals surface area contributed by atoms with Gasteiger partial charge < -0.3 is 4.74 Å². The average molecular weight is 182 g/mol. The number of carbonyl (C=O) groups is 1. The molecule has 0 radical (unpaired) electrons. The van der Waals surface area contributed by atoms with Gasteiger partial charge in [0.05, 0.1) is 13.0 Å². The van der Waals surface area contributed by atoms with Crippen molar-refractivity contribution in [2.24, 2.45) is 17.8 Å². The topological polar surface area (TPSA) is 26.3 Å². The predicted molar refractivity (Wildman–Crippen MR) is 50.2 cm³/mol. The van der Waals surface area contributed by atoms with Crippen LogP contribution in [-0.2, 0) is 9.53 Å². The molecule has 2 aliphatic rings. The Morgan fingerprint density at radius 2 is 1.92 bits per heavy atom. The van der Waals surface area contributed by atoms with Gasteiger partial charge in [-0.2, -0.15) is 0 Å². The Balaban J connectivity index is 1.81. The van der Waals surface area contributed by atoms with E-state index in [1.54, 1.807) is 0 Å². The Bertz CT molecular complexity index is 194. The molecule has 2 saturated carbocycles. The number of esters is 1. The van der Waals surface area contributed by atoms with Crippen molar-refractivity contribution in [2.45, 2.75) is 38.5 Å². The minimum Gasteiger partial charge on any atom is -0.469 e. The molecule has 0 aromatic heterocycles. The van der Waals surface area contributed by atoms with E-state index < -0.39 is 0 Å². The van der Waals surface area contributed by atoms with E-state index in [2.05, 4.69) is 0 Å². The van der Waals surface area contributed by atoms with Gasteiger partial charge in [-0.15, -0.1) is 0 Å². The molecule has 2 atom stereocenters. The van der Waals surface area contributed by atoms with Gasteiger partial charge in [0.2, 0.25) is 0 Å². The maximum Gasteiger partial charge on any atom is 0.308 e. The molecular formula is C11H18O2. The van der Waals surface area contributed by atoms with E-state index in [-0.39, 0.29) is 11.9 Å². The summed E-state index contributed by atoms with van der Waals surface area (Å²) in [6, 6.07) is 0. The molecule has 0 aliphatic heterocycles. The minimum atomic E-state index is 0.0237. The van der Waals surface area contributed by atoms with Crippen LogP contribution in [0, 0.1) is 17.8 Å². The van der Waals surface area contributed by atoms with Gasteiger partial charge in [-0.05, 0) is 18.3 Å². The lowest BCUT2D eigenvalue weighted by atomic mass is 9.85. The Morgan fingerprint density at radius 1 is 1.23 bits per heavy atom. The monoisotopic (exact) mass is 182 g/mol. The molecule has 0 bridgehead atoms. The van der Waals surface area contributed by atoms with Crippen molar-refractivity contribution in [2.75, 3.05) is 7.11 Å². The van der Waals surface area contributed by atoms with Crippen LogP contribution in [0.2, 0.25) is 0 Å². The molecule has 0 amide bonds. The van der Waals surface area contributed by atoms with E-state index in [1.807, 2.05) is 0 Å². The Labute approximate surface area is 79.7 Å². The molecule has 0 unspecified atom stereocenters. The molecule has 0 N–H and O–H groups in total. The third-order valence-corrected chi connectivity index (χ3v) is 3.60. The van der Waals surface area contributed by atoms with Crippen LogP contribution in [0.15, 0.2) is 0 Å². The van der Waals surface area contributed by atoms with E-state index in [9.17, 15) is 4.79 Å². The molecule has 2 fully saturated rings. The van der Waals surface area contributed by atoms with Gasteiger partial charge in [-0.3, -0.25) is 4.79 Å². The van der Waals surface area contributed by atoms with Crippen molar-refractivity contribution in [3.63, 3.8) is 0 Å². The van der Waals surface area contributed by atoms with Gasteiger partial charge in [0.1, 0.15) is 0 Å². The summed E-state index contributed by atoms with van der Waals surface area (Å²) < 4.78 is 4.76. The van der Waals surface area contributed by atoms with E-state index in [0.29, 0.717) is 5.92 Å². The quantitative estimate of drug-likeness (QED) is 0.613. The first-order chi connectivity index (χ1) is 6.33. The van der Waals surface area contributed by atoms with E-state index in [0.717, 1.165) is 12.3 Å². The van der Waals surface area contributed by atoms with Gasteiger partial charge in [0, 0.05) is 0 Å². The SMILES string of the molecule is COC(=O)[C@@H]1C[C@@H]1C1CCCCC1. The van der Waals surface area contributed by atoms with E-state index in [4.69, 9.17) is 4.74 Å². The van der Waals surface area contributed by atoms with Crippen LogP contribution in [0.1, 0.15) is 38.5 Å². The molecule has 0 spiro atoms. The number of rotatable bonds is 2. The first kappa shape index (κ1) is 9.04. The van der Waals surface area contributed by atoms with Crippen LogP contribution < -0.4 is 0 Å². The Morgan fingerprint density at radius 3 is 2.54 bits per heavy atom. The number of methoxy groups -OCH3 is 1. The molecule has 2 nitrogen and oxygen atoms in total. The van der Waals surface area contributed by atoms with Crippen molar-refractivity contribution in [3.05, 3.63) is 0 Å². The number of carbonyl (C=O) groups excluding carboxylic acids is 1. The maximum absolute atomic E-state index is 11.2. The lowest BCUT2D eigenvalue weighted by molar-refractivity contribution is -0.142. The summed E-state index contributed by atoms with van der Waals surface area (Å²) in [4.78, 5) is 11.2. The molecule has 13 heavy (non-hydrogen) atoms. The molecule has 2 aliphatic carbocycles. The zero-order valence-corrected chi connectivity index (χ0v) is 8.29. The van der Waals surface area contributed by atoms with Crippen molar-refractivity contribution in [1.29, 1.82) is 0 Å². The van der Waals surface area contributed by atoms with E-state index in [1.165, 1.54) is 39.2 Å². The van der Waals surface area contributed by atoms with Crippen LogP contribution in [-0.4, -0.2) is 13.1 Å². The Hall–Kier alpha value is -0.530. The lowest BCUT2D eigenvalue weighted by Gasteiger charge is -2.21. The molecular weight excluding hydrogens is 164 g/mol. The summed E-state index contributed by atoms with van der Waals surface area (Å²) in [6.45, 7) is 0. The fourth-order valence-electron chi connectivity index (χ4n) is 2.72. The highest BCUT2D eigenvalue weighted by Gasteiger charge is 2.48. The summed E-state index contributed by atoms with van der Waals surface area (Å²) in [5.74, 6) is 1.79. The lowest BCUT2D eigenvalue weighted by Crippen LogP contribution is -2.13. The highest BCUT2D eigenvalue weighted by molar-refractivity contribution is 5.75. The third-order valence-electron chi connectivity index (χ3n) is 3.60. The van der Waals surface area contributed by atoms with Crippen molar-refractivity contribution >= 4 is 5.97 Å². The largest absolute Gasteiger partial charge is 0.469 e. The summed E-state index contributed by atoms with van der Waals surface area (Å²) >= 11 is 0. The first-order valence-corrected chi connectivity index (χ1v) is 5.40. The van der Waals surface area contributed by atoms with Crippen LogP contribution in [0.25, 0.3) is 0 Å². The average Bonchev–Trinajstić information content (AvgIpc) is 2.98. The van der Waals surface area contributed by atoms with Gasteiger partial charge in [0.15, 0.2) is 0 Å². The molecule has 2 heteroatoms. The van der Waals surface area contributed by atoms with Gasteiger partial charge in [-0.25, -0.2) is 0 Å². The zero-order chi connectivity index (χ0) is 9.26. The second kappa shape index (κ2) is 3.69. The van der Waals surface area contributed by atoms with Crippen LogP contribution in [0.4, 0.5) is 0 Å². The molecule has 2 rings (SSSR count). The number of hydrogen-bond donors (Lipinski definition) is 0. The highest BCUT2D eigenvalue weighted by atomic mass is 16.5. The smallest absolute Gasteiger partial charge is 0.308 e.